The number of phenolic OH excluding ortho intramolecular Hbond substituents is 1. The molecular weight excluding hydrogens is 288 g/mol. The van der Waals surface area contributed by atoms with Gasteiger partial charge in [-0.3, -0.25) is 0 Å². The number of para-hydroxylation sites is 1. The SMILES string of the molecule is CN1CCc2ncnc(NCc3cccc(Cl)c3O)c2C1. The van der Waals surface area contributed by atoms with Gasteiger partial charge in [0.15, 0.2) is 0 Å². The topological polar surface area (TPSA) is 61.3 Å². The van der Waals surface area contributed by atoms with E-state index in [2.05, 4.69) is 27.2 Å². The molecule has 6 heteroatoms. The lowest BCUT2D eigenvalue weighted by Crippen LogP contribution is -2.28. The van der Waals surface area contributed by atoms with Gasteiger partial charge in [-0.2, -0.15) is 0 Å². The van der Waals surface area contributed by atoms with E-state index in [-0.39, 0.29) is 5.75 Å². The molecule has 110 valence electrons. The first-order valence-electron chi connectivity index (χ1n) is 6.86. The molecule has 21 heavy (non-hydrogen) atoms. The number of phenols is 1. The van der Waals surface area contributed by atoms with Gasteiger partial charge in [0.05, 0.1) is 10.7 Å². The van der Waals surface area contributed by atoms with E-state index in [0.29, 0.717) is 11.6 Å². The lowest BCUT2D eigenvalue weighted by molar-refractivity contribution is 0.310. The molecule has 0 fully saturated rings. The average Bonchev–Trinajstić information content (AvgIpc) is 2.49. The standard InChI is InChI=1S/C15H17ClN4O/c1-20-6-5-13-11(8-20)15(19-9-18-13)17-7-10-3-2-4-12(16)14(10)21/h2-4,9,21H,5-8H2,1H3,(H,17,18,19). The number of aromatic hydroxyl groups is 1. The quantitative estimate of drug-likeness (QED) is 0.912. The highest BCUT2D eigenvalue weighted by Crippen LogP contribution is 2.28. The molecule has 0 atom stereocenters. The van der Waals surface area contributed by atoms with Crippen LogP contribution in [0.15, 0.2) is 24.5 Å². The first-order valence-corrected chi connectivity index (χ1v) is 7.24. The van der Waals surface area contributed by atoms with Gasteiger partial charge in [0.1, 0.15) is 17.9 Å². The molecule has 0 amide bonds. The number of aromatic nitrogens is 2. The number of benzene rings is 1. The van der Waals surface area contributed by atoms with Crippen molar-refractivity contribution in [2.24, 2.45) is 0 Å². The van der Waals surface area contributed by atoms with Gasteiger partial charge in [0, 0.05) is 37.2 Å². The monoisotopic (exact) mass is 304 g/mol. The lowest BCUT2D eigenvalue weighted by Gasteiger charge is -2.25. The molecule has 0 unspecified atom stereocenters. The number of fused-ring (bicyclic) bond motifs is 1. The van der Waals surface area contributed by atoms with Crippen molar-refractivity contribution in [3.05, 3.63) is 46.4 Å². The summed E-state index contributed by atoms with van der Waals surface area (Å²) in [5, 5.41) is 13.6. The second kappa shape index (κ2) is 5.87. The van der Waals surface area contributed by atoms with Crippen LogP contribution in [-0.4, -0.2) is 33.6 Å². The van der Waals surface area contributed by atoms with Crippen LogP contribution in [0.3, 0.4) is 0 Å². The highest BCUT2D eigenvalue weighted by atomic mass is 35.5. The molecule has 1 aliphatic rings. The fraction of sp³-hybridized carbons (Fsp3) is 0.333. The minimum Gasteiger partial charge on any atom is -0.506 e. The second-order valence-corrected chi connectivity index (χ2v) is 5.64. The number of halogens is 1. The van der Waals surface area contributed by atoms with Crippen LogP contribution >= 0.6 is 11.6 Å². The summed E-state index contributed by atoms with van der Waals surface area (Å²) < 4.78 is 0. The van der Waals surface area contributed by atoms with Gasteiger partial charge in [-0.25, -0.2) is 9.97 Å². The van der Waals surface area contributed by atoms with Crippen LogP contribution < -0.4 is 5.32 Å². The maximum atomic E-state index is 9.94. The number of hydrogen-bond acceptors (Lipinski definition) is 5. The summed E-state index contributed by atoms with van der Waals surface area (Å²) in [5.74, 6) is 0.942. The van der Waals surface area contributed by atoms with Crippen molar-refractivity contribution < 1.29 is 5.11 Å². The van der Waals surface area contributed by atoms with E-state index in [1.54, 1.807) is 12.4 Å². The van der Waals surface area contributed by atoms with E-state index in [4.69, 9.17) is 11.6 Å². The Morgan fingerprint density at radius 2 is 2.24 bits per heavy atom. The van der Waals surface area contributed by atoms with Crippen molar-refractivity contribution in [1.82, 2.24) is 14.9 Å². The number of likely N-dealkylation sites (N-methyl/N-ethyl adjacent to an activating group) is 1. The van der Waals surface area contributed by atoms with Gasteiger partial charge in [0.2, 0.25) is 0 Å². The second-order valence-electron chi connectivity index (χ2n) is 5.24. The summed E-state index contributed by atoms with van der Waals surface area (Å²) in [5.41, 5.74) is 2.98. The predicted octanol–water partition coefficient (Wildman–Crippen LogP) is 2.44. The van der Waals surface area contributed by atoms with E-state index in [9.17, 15) is 5.11 Å². The van der Waals surface area contributed by atoms with Crippen LogP contribution in [0.25, 0.3) is 0 Å². The Balaban J connectivity index is 1.81. The third kappa shape index (κ3) is 2.94. The molecule has 1 aromatic heterocycles. The molecule has 1 aliphatic heterocycles. The Morgan fingerprint density at radius 3 is 3.10 bits per heavy atom. The lowest BCUT2D eigenvalue weighted by atomic mass is 10.1. The van der Waals surface area contributed by atoms with Gasteiger partial charge in [-0.1, -0.05) is 23.7 Å². The number of hydrogen-bond donors (Lipinski definition) is 2. The Hall–Kier alpha value is -1.85. The van der Waals surface area contributed by atoms with E-state index < -0.39 is 0 Å². The van der Waals surface area contributed by atoms with Gasteiger partial charge < -0.3 is 15.3 Å². The van der Waals surface area contributed by atoms with Gasteiger partial charge >= 0.3 is 0 Å². The minimum atomic E-state index is 0.117. The average molecular weight is 305 g/mol. The number of rotatable bonds is 3. The molecule has 0 radical (unpaired) electrons. The third-order valence-electron chi connectivity index (χ3n) is 3.71. The van der Waals surface area contributed by atoms with E-state index in [1.165, 1.54) is 0 Å². The summed E-state index contributed by atoms with van der Waals surface area (Å²) in [6.07, 6.45) is 2.52. The van der Waals surface area contributed by atoms with Gasteiger partial charge in [-0.05, 0) is 13.1 Å². The largest absolute Gasteiger partial charge is 0.506 e. The molecule has 2 N–H and O–H groups in total. The van der Waals surface area contributed by atoms with Crippen LogP contribution in [0.4, 0.5) is 5.82 Å². The van der Waals surface area contributed by atoms with Crippen LogP contribution in [0.5, 0.6) is 5.75 Å². The van der Waals surface area contributed by atoms with E-state index in [1.807, 2.05) is 12.1 Å². The molecule has 0 aliphatic carbocycles. The van der Waals surface area contributed by atoms with Crippen molar-refractivity contribution in [1.29, 1.82) is 0 Å². The molecule has 3 rings (SSSR count). The highest BCUT2D eigenvalue weighted by Gasteiger charge is 2.18. The number of nitrogens with zero attached hydrogens (tertiary/aromatic N) is 3. The highest BCUT2D eigenvalue weighted by molar-refractivity contribution is 6.32. The first-order chi connectivity index (χ1) is 10.1. The zero-order valence-corrected chi connectivity index (χ0v) is 12.6. The van der Waals surface area contributed by atoms with Crippen molar-refractivity contribution in [2.45, 2.75) is 19.5 Å². The molecular formula is C15H17ClN4O. The molecule has 1 aromatic carbocycles. The molecule has 5 nitrogen and oxygen atoms in total. The molecule has 0 spiro atoms. The fourth-order valence-corrected chi connectivity index (χ4v) is 2.70. The Kier molecular flexibility index (Phi) is 3.94. The molecule has 2 heterocycles. The minimum absolute atomic E-state index is 0.117. The van der Waals surface area contributed by atoms with Crippen molar-refractivity contribution >= 4 is 17.4 Å². The van der Waals surface area contributed by atoms with Crippen LogP contribution in [0, 0.1) is 0 Å². The summed E-state index contributed by atoms with van der Waals surface area (Å²) in [6.45, 7) is 2.32. The smallest absolute Gasteiger partial charge is 0.139 e. The Labute approximate surface area is 128 Å². The zero-order chi connectivity index (χ0) is 14.8. The molecule has 2 aromatic rings. The summed E-state index contributed by atoms with van der Waals surface area (Å²) >= 11 is 5.92. The van der Waals surface area contributed by atoms with Gasteiger partial charge in [-0.15, -0.1) is 0 Å². The summed E-state index contributed by atoms with van der Waals surface area (Å²) in [6, 6.07) is 5.33. The van der Waals surface area contributed by atoms with E-state index in [0.717, 1.165) is 42.1 Å². The van der Waals surface area contributed by atoms with Gasteiger partial charge in [0.25, 0.3) is 0 Å². The fourth-order valence-electron chi connectivity index (χ4n) is 2.51. The van der Waals surface area contributed by atoms with Crippen molar-refractivity contribution in [3.8, 4) is 5.75 Å². The molecule has 0 saturated carbocycles. The van der Waals surface area contributed by atoms with Crippen molar-refractivity contribution in [3.63, 3.8) is 0 Å². The van der Waals surface area contributed by atoms with Crippen LogP contribution in [-0.2, 0) is 19.5 Å². The van der Waals surface area contributed by atoms with E-state index >= 15 is 0 Å². The summed E-state index contributed by atoms with van der Waals surface area (Å²) in [4.78, 5) is 10.9. The third-order valence-corrected chi connectivity index (χ3v) is 4.01. The Bertz CT molecular complexity index is 662. The first kappa shape index (κ1) is 14.1. The number of anilines is 1. The normalized spacial score (nSPS) is 14.8. The molecule has 0 bridgehead atoms. The van der Waals surface area contributed by atoms with Crippen LogP contribution in [0.1, 0.15) is 16.8 Å². The molecule has 0 saturated heterocycles. The maximum absolute atomic E-state index is 9.94. The zero-order valence-electron chi connectivity index (χ0n) is 11.8. The van der Waals surface area contributed by atoms with Crippen molar-refractivity contribution in [2.75, 3.05) is 18.9 Å². The maximum Gasteiger partial charge on any atom is 0.139 e. The van der Waals surface area contributed by atoms with Crippen LogP contribution in [0.2, 0.25) is 5.02 Å². The number of nitrogens with one attached hydrogen (secondary N) is 1. The summed E-state index contributed by atoms with van der Waals surface area (Å²) in [7, 11) is 2.09. The predicted molar refractivity (Wildman–Crippen MR) is 82.5 cm³/mol. The Morgan fingerprint density at radius 1 is 1.38 bits per heavy atom.